The van der Waals surface area contributed by atoms with Gasteiger partial charge in [-0.3, -0.25) is 9.79 Å². The number of hydrogen-bond donors (Lipinski definition) is 2. The molecule has 0 rings (SSSR count). The average Bonchev–Trinajstić information content (AvgIpc) is 2.37. The van der Waals surface area contributed by atoms with Gasteiger partial charge in [0.25, 0.3) is 0 Å². The molecular weight excluding hydrogens is 230 g/mol. The van der Waals surface area contributed by atoms with Crippen molar-refractivity contribution >= 4 is 11.9 Å². The minimum Gasteiger partial charge on any atom is -0.464 e. The van der Waals surface area contributed by atoms with Crippen LogP contribution in [0.1, 0.15) is 30.8 Å². The van der Waals surface area contributed by atoms with Gasteiger partial charge in [0.1, 0.15) is 6.54 Å². The maximum Gasteiger partial charge on any atom is 0.325 e. The van der Waals surface area contributed by atoms with E-state index in [1.54, 1.807) is 0 Å². The third-order valence-corrected chi connectivity index (χ3v) is 2.84. The molecule has 0 aromatic rings. The molecule has 0 amide bonds. The van der Waals surface area contributed by atoms with Gasteiger partial charge in [0.15, 0.2) is 5.96 Å². The Morgan fingerprint density at radius 2 is 2.33 bits per heavy atom. The average molecular weight is 258 g/mol. The highest BCUT2D eigenvalue weighted by atomic mass is 16.5. The van der Waals surface area contributed by atoms with Gasteiger partial charge >= 0.3 is 5.97 Å². The number of ether oxygens (including phenoxy) is 1. The van der Waals surface area contributed by atoms with E-state index in [0.29, 0.717) is 12.5 Å². The summed E-state index contributed by atoms with van der Waals surface area (Å²) >= 11 is 0. The van der Waals surface area contributed by atoms with Gasteiger partial charge in [0.2, 0.25) is 0 Å². The molecule has 5 nitrogen and oxygen atoms in total. The lowest BCUT2D eigenvalue weighted by atomic mass is 9.92. The van der Waals surface area contributed by atoms with Crippen LogP contribution in [0, 0.1) is 11.8 Å². The predicted octanol–water partition coefficient (Wildman–Crippen LogP) is 1.30. The molecule has 0 aliphatic heterocycles. The first-order chi connectivity index (χ1) is 9.65. The van der Waals surface area contributed by atoms with Gasteiger partial charge in [-0.05, 0) is 24.7 Å². The van der Waals surface area contributed by atoms with Gasteiger partial charge in [-0.1, -0.05) is 19.9 Å². The quantitative estimate of drug-likeness (QED) is 0.298. The van der Waals surface area contributed by atoms with E-state index in [2.05, 4.69) is 23.8 Å². The molecule has 0 radical (unpaired) electrons. The fourth-order valence-electron chi connectivity index (χ4n) is 1.31. The monoisotopic (exact) mass is 258 g/mol. The Balaban J connectivity index is 4.00. The molecule has 0 saturated heterocycles. The number of rotatable bonds is 8. The zero-order valence-corrected chi connectivity index (χ0v) is 11.1. The minimum atomic E-state index is -2.52. The first-order valence-corrected chi connectivity index (χ1v) is 6.01. The number of nitrogens with two attached hydrogens (primary N) is 1. The highest BCUT2D eigenvalue weighted by molar-refractivity contribution is 5.82. The lowest BCUT2D eigenvalue weighted by molar-refractivity contribution is -0.143. The van der Waals surface area contributed by atoms with Crippen molar-refractivity contribution in [1.29, 1.82) is 0 Å². The number of nitrogens with zero attached hydrogens (tertiary/aromatic N) is 1. The maximum atomic E-state index is 11.5. The summed E-state index contributed by atoms with van der Waals surface area (Å²) in [5, 5.41) is 2.41. The van der Waals surface area contributed by atoms with Crippen molar-refractivity contribution < 1.29 is 13.6 Å². The van der Waals surface area contributed by atoms with E-state index in [0.717, 1.165) is 12.8 Å². The lowest BCUT2D eigenvalue weighted by Gasteiger charge is -2.19. The van der Waals surface area contributed by atoms with Crippen LogP contribution >= 0.6 is 0 Å². The molecule has 0 aliphatic carbocycles. The van der Waals surface area contributed by atoms with Crippen molar-refractivity contribution in [2.24, 2.45) is 22.6 Å². The molecule has 104 valence electrons. The Kier molecular flexibility index (Phi) is 6.11. The number of hydrogen-bond acceptors (Lipinski definition) is 3. The molecule has 0 aliphatic rings. The van der Waals surface area contributed by atoms with E-state index in [4.69, 9.17) is 14.6 Å². The Hall–Kier alpha value is -1.52. The molecule has 0 spiro atoms. The molecule has 0 bridgehead atoms. The Labute approximate surface area is 114 Å². The number of aliphatic imine (C=N–C) groups is 1. The van der Waals surface area contributed by atoms with E-state index < -0.39 is 12.9 Å². The second-order valence-electron chi connectivity index (χ2n) is 4.35. The molecule has 0 aromatic carbocycles. The molecule has 2 atom stereocenters. The third-order valence-electron chi connectivity index (χ3n) is 2.84. The maximum absolute atomic E-state index is 11.5. The van der Waals surface area contributed by atoms with Crippen molar-refractivity contribution in [3.63, 3.8) is 0 Å². The van der Waals surface area contributed by atoms with Crippen LogP contribution in [0.5, 0.6) is 0 Å². The Morgan fingerprint density at radius 3 is 2.94 bits per heavy atom. The van der Waals surface area contributed by atoms with Crippen molar-refractivity contribution in [3.8, 4) is 0 Å². The molecule has 0 heterocycles. The molecule has 3 N–H and O–H groups in total. The van der Waals surface area contributed by atoms with Gasteiger partial charge < -0.3 is 15.8 Å². The molecule has 5 heteroatoms. The van der Waals surface area contributed by atoms with E-state index in [1.807, 2.05) is 13.0 Å². The fraction of sp³-hybridized carbons (Fsp3) is 0.692. The lowest BCUT2D eigenvalue weighted by Crippen LogP contribution is -2.36. The van der Waals surface area contributed by atoms with Gasteiger partial charge in [-0.15, -0.1) is 6.58 Å². The number of carbonyl (C=O) groups is 1. The summed E-state index contributed by atoms with van der Waals surface area (Å²) < 4.78 is 25.8. The van der Waals surface area contributed by atoms with E-state index in [9.17, 15) is 4.79 Å². The molecule has 18 heavy (non-hydrogen) atoms. The van der Waals surface area contributed by atoms with Gasteiger partial charge in [-0.25, -0.2) is 0 Å². The first kappa shape index (κ1) is 11.6. The summed E-state index contributed by atoms with van der Waals surface area (Å²) in [6, 6.07) is 0. The van der Waals surface area contributed by atoms with Crippen molar-refractivity contribution in [1.82, 2.24) is 5.32 Å². The number of carbonyl (C=O) groups excluding carboxylic acids is 1. The third kappa shape index (κ3) is 7.70. The summed E-state index contributed by atoms with van der Waals surface area (Å²) in [7, 11) is 0. The van der Waals surface area contributed by atoms with Crippen LogP contribution in [0.3, 0.4) is 0 Å². The van der Waals surface area contributed by atoms with Crippen LogP contribution < -0.4 is 11.1 Å². The van der Waals surface area contributed by atoms with E-state index in [-0.39, 0.29) is 18.4 Å². The van der Waals surface area contributed by atoms with Gasteiger partial charge in [0.05, 0.1) is 6.61 Å². The zero-order chi connectivity index (χ0) is 16.5. The molecule has 0 aromatic heterocycles. The minimum absolute atomic E-state index is 0.209. The predicted molar refractivity (Wildman–Crippen MR) is 74.3 cm³/mol. The number of guanidine groups is 1. The van der Waals surface area contributed by atoms with Crippen LogP contribution in [0.4, 0.5) is 0 Å². The Morgan fingerprint density at radius 1 is 1.61 bits per heavy atom. The largest absolute Gasteiger partial charge is 0.464 e. The van der Waals surface area contributed by atoms with E-state index in [1.165, 1.54) is 0 Å². The molecule has 0 saturated carbocycles. The summed E-state index contributed by atoms with van der Waals surface area (Å²) in [6.45, 7) is 5.37. The van der Waals surface area contributed by atoms with Crippen LogP contribution in [-0.4, -0.2) is 32.1 Å². The molecular formula is C13H25N3O2. The SMILES string of the molecule is [2H]C([2H])([2H])N=C(N)NCC(=O)OC[C@H](C)[C@@H](C)CCC=C. The van der Waals surface area contributed by atoms with E-state index >= 15 is 0 Å². The molecule has 0 unspecified atom stereocenters. The number of allylic oxidation sites excluding steroid dienone is 1. The highest BCUT2D eigenvalue weighted by Gasteiger charge is 2.13. The summed E-state index contributed by atoms with van der Waals surface area (Å²) in [4.78, 5) is 14.7. The standard InChI is InChI=1S/C13H25N3O2/c1-5-6-7-10(2)11(3)9-18-12(17)8-16-13(14)15-4/h5,10-11H,1,6-9H2,2-4H3,(H3,14,15,16)/t10-,11-/m0/s1/i4D3. The second-order valence-corrected chi connectivity index (χ2v) is 4.35. The van der Waals surface area contributed by atoms with Crippen molar-refractivity contribution in [3.05, 3.63) is 12.7 Å². The number of nitrogens with one attached hydrogen (secondary N) is 1. The second kappa shape index (κ2) is 9.50. The van der Waals surface area contributed by atoms with Crippen LogP contribution in [0.25, 0.3) is 0 Å². The zero-order valence-electron chi connectivity index (χ0n) is 14.1. The summed E-state index contributed by atoms with van der Waals surface area (Å²) in [5.41, 5.74) is 5.33. The topological polar surface area (TPSA) is 76.7 Å². The van der Waals surface area contributed by atoms with Crippen LogP contribution in [0.2, 0.25) is 0 Å². The van der Waals surface area contributed by atoms with Crippen molar-refractivity contribution in [2.45, 2.75) is 26.7 Å². The highest BCUT2D eigenvalue weighted by Crippen LogP contribution is 2.17. The molecule has 0 fully saturated rings. The van der Waals surface area contributed by atoms with Gasteiger partial charge in [0, 0.05) is 11.1 Å². The Bertz CT molecular complexity index is 370. The first-order valence-electron chi connectivity index (χ1n) is 7.51. The summed E-state index contributed by atoms with van der Waals surface area (Å²) in [6.07, 6.45) is 3.80. The normalized spacial score (nSPS) is 17.9. The van der Waals surface area contributed by atoms with Crippen molar-refractivity contribution in [2.75, 3.05) is 20.1 Å². The van der Waals surface area contributed by atoms with Gasteiger partial charge in [-0.2, -0.15) is 0 Å². The van der Waals surface area contributed by atoms with Crippen LogP contribution in [-0.2, 0) is 9.53 Å². The fourth-order valence-corrected chi connectivity index (χ4v) is 1.31. The summed E-state index contributed by atoms with van der Waals surface area (Å²) in [5.74, 6) is -0.144. The smallest absolute Gasteiger partial charge is 0.325 e. The number of esters is 1. The van der Waals surface area contributed by atoms with Crippen LogP contribution in [0.15, 0.2) is 17.6 Å².